The van der Waals surface area contributed by atoms with Gasteiger partial charge in [0.05, 0.1) is 28.3 Å². The number of anilines is 1. The van der Waals surface area contributed by atoms with E-state index in [-0.39, 0.29) is 5.02 Å². The van der Waals surface area contributed by atoms with Crippen LogP contribution in [0.2, 0.25) is 5.02 Å². The van der Waals surface area contributed by atoms with Gasteiger partial charge in [0.25, 0.3) is 0 Å². The molecule has 0 spiro atoms. The van der Waals surface area contributed by atoms with Crippen molar-refractivity contribution >= 4 is 40.9 Å². The number of halogens is 4. The summed E-state index contributed by atoms with van der Waals surface area (Å²) in [5.41, 5.74) is 1.71. The maximum absolute atomic E-state index is 14.0. The smallest absolute Gasteiger partial charge is 0.363 e. The van der Waals surface area contributed by atoms with Crippen molar-refractivity contribution in [3.63, 3.8) is 0 Å². The maximum Gasteiger partial charge on any atom is 0.417 e. The number of aryl methyl sites for hydroxylation is 1. The largest absolute Gasteiger partial charge is 0.417 e. The van der Waals surface area contributed by atoms with Gasteiger partial charge in [-0.15, -0.1) is 0 Å². The van der Waals surface area contributed by atoms with Crippen LogP contribution in [-0.4, -0.2) is 45.3 Å². The number of rotatable bonds is 6. The fourth-order valence-corrected chi connectivity index (χ4v) is 7.84. The zero-order chi connectivity index (χ0) is 27.8. The zero-order valence-electron chi connectivity index (χ0n) is 21.5. The molecule has 1 saturated heterocycles. The number of nitrogens with one attached hydrogen (secondary N) is 1. The van der Waals surface area contributed by atoms with Crippen molar-refractivity contribution in [2.45, 2.75) is 32.6 Å². The van der Waals surface area contributed by atoms with Crippen LogP contribution in [-0.2, 0) is 17.3 Å². The molecular weight excluding hydrogens is 546 g/mol. The van der Waals surface area contributed by atoms with Gasteiger partial charge in [-0.2, -0.15) is 13.2 Å². The molecule has 39 heavy (non-hydrogen) atoms. The number of alkyl halides is 3. The minimum Gasteiger partial charge on any atom is -0.363 e. The van der Waals surface area contributed by atoms with Crippen molar-refractivity contribution in [2.24, 2.45) is 0 Å². The minimum absolute atomic E-state index is 0.295. The van der Waals surface area contributed by atoms with Crippen molar-refractivity contribution in [1.82, 2.24) is 19.9 Å². The third-order valence-corrected chi connectivity index (χ3v) is 10.4. The third-order valence-electron chi connectivity index (χ3n) is 7.05. The van der Waals surface area contributed by atoms with Crippen molar-refractivity contribution < 1.29 is 17.7 Å². The summed E-state index contributed by atoms with van der Waals surface area (Å²) in [7, 11) is -2.75. The molecule has 0 radical (unpaired) electrons. The number of hydrogen-bond acceptors (Lipinski definition) is 6. The van der Waals surface area contributed by atoms with Gasteiger partial charge in [-0.3, -0.25) is 9.88 Å². The van der Waals surface area contributed by atoms with Gasteiger partial charge < -0.3 is 9.88 Å². The lowest BCUT2D eigenvalue weighted by Gasteiger charge is -2.32. The summed E-state index contributed by atoms with van der Waals surface area (Å²) >= 11 is 6.17. The number of hydrogen-bond donors (Lipinski definition) is 1. The molecule has 4 aromatic rings. The van der Waals surface area contributed by atoms with Gasteiger partial charge in [0, 0.05) is 37.3 Å². The number of pyridine rings is 1. The normalized spacial score (nSPS) is 16.8. The first kappa shape index (κ1) is 27.6. The summed E-state index contributed by atoms with van der Waals surface area (Å²) < 4.78 is 54.2. The van der Waals surface area contributed by atoms with Crippen LogP contribution >= 0.6 is 18.7 Å². The van der Waals surface area contributed by atoms with E-state index in [1.165, 1.54) is 11.6 Å². The lowest BCUT2D eigenvalue weighted by Crippen LogP contribution is -2.37. The van der Waals surface area contributed by atoms with E-state index in [1.807, 2.05) is 18.2 Å². The molecular formula is C28H28ClF3N5OP. The Morgan fingerprint density at radius 3 is 2.49 bits per heavy atom. The summed E-state index contributed by atoms with van der Waals surface area (Å²) in [6.07, 6.45) is -1.93. The molecule has 1 aliphatic heterocycles. The average molecular weight is 574 g/mol. The van der Waals surface area contributed by atoms with Crippen LogP contribution < -0.4 is 10.8 Å². The van der Waals surface area contributed by atoms with Crippen molar-refractivity contribution in [3.05, 3.63) is 88.3 Å². The van der Waals surface area contributed by atoms with Gasteiger partial charge in [0.15, 0.2) is 0 Å². The fourth-order valence-electron chi connectivity index (χ4n) is 4.91. The molecule has 11 heteroatoms. The minimum atomic E-state index is -4.56. The van der Waals surface area contributed by atoms with E-state index in [2.05, 4.69) is 37.3 Å². The van der Waals surface area contributed by atoms with Crippen LogP contribution in [0, 0.1) is 6.92 Å². The molecule has 2 aromatic carbocycles. The van der Waals surface area contributed by atoms with E-state index in [0.717, 1.165) is 12.6 Å². The molecule has 3 heterocycles. The highest BCUT2D eigenvalue weighted by Crippen LogP contribution is 2.46. The molecule has 0 unspecified atom stereocenters. The molecule has 6 nitrogen and oxygen atoms in total. The van der Waals surface area contributed by atoms with Crippen LogP contribution in [0.4, 0.5) is 19.0 Å². The van der Waals surface area contributed by atoms with Gasteiger partial charge in [-0.05, 0) is 37.1 Å². The Kier molecular flexibility index (Phi) is 7.68. The first-order valence-electron chi connectivity index (χ1n) is 12.6. The summed E-state index contributed by atoms with van der Waals surface area (Å²) in [5.74, 6) is 0.902. The van der Waals surface area contributed by atoms with E-state index in [1.54, 1.807) is 32.2 Å². The van der Waals surface area contributed by atoms with Gasteiger partial charge in [-0.25, -0.2) is 9.97 Å². The van der Waals surface area contributed by atoms with E-state index >= 15 is 0 Å². The monoisotopic (exact) mass is 573 g/mol. The Morgan fingerprint density at radius 2 is 1.79 bits per heavy atom. The van der Waals surface area contributed by atoms with E-state index in [9.17, 15) is 17.7 Å². The Hall–Kier alpha value is -3.00. The summed E-state index contributed by atoms with van der Waals surface area (Å²) in [6, 6.07) is 15.2. The first-order valence-corrected chi connectivity index (χ1v) is 15.1. The molecule has 0 aliphatic carbocycles. The number of fused-ring (bicyclic) bond motifs is 1. The number of aromatic nitrogens is 3. The predicted octanol–water partition coefficient (Wildman–Crippen LogP) is 6.68. The van der Waals surface area contributed by atoms with Crippen molar-refractivity contribution in [3.8, 4) is 0 Å². The molecule has 1 fully saturated rings. The van der Waals surface area contributed by atoms with Gasteiger partial charge in [0.1, 0.15) is 24.2 Å². The highest BCUT2D eigenvalue weighted by atomic mass is 35.5. The third kappa shape index (κ3) is 5.96. The molecule has 1 aliphatic rings. The quantitative estimate of drug-likeness (QED) is 0.259. The predicted molar refractivity (Wildman–Crippen MR) is 149 cm³/mol. The molecule has 204 valence electrons. The second kappa shape index (κ2) is 10.9. The lowest BCUT2D eigenvalue weighted by atomic mass is 10.0. The highest BCUT2D eigenvalue weighted by molar-refractivity contribution is 7.71. The van der Waals surface area contributed by atoms with Gasteiger partial charge in [0.2, 0.25) is 0 Å². The van der Waals surface area contributed by atoms with E-state index in [0.29, 0.717) is 59.0 Å². The Labute approximate surface area is 230 Å². The molecule has 0 amide bonds. The highest BCUT2D eigenvalue weighted by Gasteiger charge is 2.35. The summed E-state index contributed by atoms with van der Waals surface area (Å²) in [5, 5.41) is 3.47. The first-order chi connectivity index (χ1) is 18.5. The van der Waals surface area contributed by atoms with E-state index < -0.39 is 24.9 Å². The fraction of sp³-hybridized carbons (Fsp3) is 0.321. The van der Waals surface area contributed by atoms with Crippen LogP contribution in [0.25, 0.3) is 10.9 Å². The molecule has 0 bridgehead atoms. The Balaban J connectivity index is 1.41. The van der Waals surface area contributed by atoms with Crippen LogP contribution in [0.5, 0.6) is 0 Å². The van der Waals surface area contributed by atoms with Gasteiger partial charge in [-0.1, -0.05) is 54.1 Å². The average Bonchev–Trinajstić information content (AvgIpc) is 2.90. The van der Waals surface area contributed by atoms with Crippen LogP contribution in [0.3, 0.4) is 0 Å². The number of benzene rings is 2. The maximum atomic E-state index is 14.0. The zero-order valence-corrected chi connectivity index (χ0v) is 23.2. The Morgan fingerprint density at radius 1 is 1.08 bits per heavy atom. The molecule has 5 rings (SSSR count). The Bertz CT molecular complexity index is 1540. The lowest BCUT2D eigenvalue weighted by molar-refractivity contribution is -0.137. The molecule has 0 saturated carbocycles. The molecule has 1 atom stereocenters. The van der Waals surface area contributed by atoms with Crippen LogP contribution in [0.1, 0.15) is 35.5 Å². The molecule has 2 aromatic heterocycles. The summed E-state index contributed by atoms with van der Waals surface area (Å²) in [6.45, 7) is 5.66. The summed E-state index contributed by atoms with van der Waals surface area (Å²) in [4.78, 5) is 15.8. The second-order valence-corrected chi connectivity index (χ2v) is 13.4. The van der Waals surface area contributed by atoms with Crippen LogP contribution in [0.15, 0.2) is 60.8 Å². The topological polar surface area (TPSA) is 71.0 Å². The molecule has 1 N–H and O–H groups in total. The number of nitrogens with zero attached hydrogens (tertiary/aromatic N) is 4. The van der Waals surface area contributed by atoms with Crippen molar-refractivity contribution in [1.29, 1.82) is 0 Å². The van der Waals surface area contributed by atoms with Gasteiger partial charge >= 0.3 is 6.18 Å². The second-order valence-electron chi connectivity index (χ2n) is 9.85. The SMILES string of the molecule is Cc1nc(N[C@H](C)c2cccc(C(F)(F)F)c2Cl)c2cc(P3(=O)CCN(Cc4ccccc4)CC3)ncc2n1. The van der Waals surface area contributed by atoms with E-state index in [4.69, 9.17) is 11.6 Å². The van der Waals surface area contributed by atoms with Crippen molar-refractivity contribution in [2.75, 3.05) is 30.7 Å². The standard InChI is InChI=1S/C28H28ClF3N5OP/c1-18(21-9-6-10-23(26(21)29)28(30,31)32)34-27-22-15-25(33-16-24(22)35-19(2)36-27)39(38)13-11-37(12-14-39)17-20-7-4-3-5-8-20/h3-10,15-16,18H,11-14,17H2,1-2H3,(H,34,35,36)/t18-/m1/s1.